The topological polar surface area (TPSA) is 15.3 Å². The van der Waals surface area contributed by atoms with Crippen molar-refractivity contribution in [2.24, 2.45) is 17.8 Å². The number of hydrogen-bond acceptors (Lipinski definition) is 2. The Morgan fingerprint density at radius 1 is 1.35 bits per heavy atom. The quantitative estimate of drug-likeness (QED) is 0.792. The van der Waals surface area contributed by atoms with Crippen LogP contribution in [0.4, 0.5) is 0 Å². The summed E-state index contributed by atoms with van der Waals surface area (Å²) < 4.78 is 0. The monoisotopic (exact) mass is 238 g/mol. The molecule has 2 heteroatoms. The van der Waals surface area contributed by atoms with E-state index in [1.54, 1.807) is 0 Å². The zero-order valence-electron chi connectivity index (χ0n) is 12.1. The first-order valence-corrected chi connectivity index (χ1v) is 7.59. The van der Waals surface area contributed by atoms with E-state index in [0.29, 0.717) is 0 Å². The fourth-order valence-corrected chi connectivity index (χ4v) is 3.26. The van der Waals surface area contributed by atoms with Crippen LogP contribution in [0.2, 0.25) is 0 Å². The largest absolute Gasteiger partial charge is 0.311 e. The smallest absolute Gasteiger partial charge is 0.0244 e. The fraction of sp³-hybridized carbons (Fsp3) is 1.00. The van der Waals surface area contributed by atoms with E-state index >= 15 is 0 Å². The summed E-state index contributed by atoms with van der Waals surface area (Å²) in [5, 5.41) is 3.74. The van der Waals surface area contributed by atoms with Gasteiger partial charge in [0.25, 0.3) is 0 Å². The lowest BCUT2D eigenvalue weighted by atomic mass is 9.96. The number of piperazine rings is 1. The van der Waals surface area contributed by atoms with Crippen LogP contribution in [-0.2, 0) is 0 Å². The highest BCUT2D eigenvalue weighted by atomic mass is 15.2. The van der Waals surface area contributed by atoms with Crippen molar-refractivity contribution in [3.8, 4) is 0 Å². The minimum atomic E-state index is 0.740. The molecule has 1 aliphatic carbocycles. The van der Waals surface area contributed by atoms with Gasteiger partial charge in [0.1, 0.15) is 0 Å². The molecule has 2 rings (SSSR count). The average Bonchev–Trinajstić information content (AvgIpc) is 2.94. The highest BCUT2D eigenvalue weighted by molar-refractivity contribution is 4.92. The Kier molecular flexibility index (Phi) is 4.48. The summed E-state index contributed by atoms with van der Waals surface area (Å²) >= 11 is 0. The predicted octanol–water partition coefficient (Wildman–Crippen LogP) is 2.74. The first-order valence-electron chi connectivity index (χ1n) is 7.59. The molecule has 17 heavy (non-hydrogen) atoms. The van der Waals surface area contributed by atoms with E-state index in [1.807, 2.05) is 0 Å². The van der Waals surface area contributed by atoms with Crippen LogP contribution in [-0.4, -0.2) is 36.6 Å². The molecular weight excluding hydrogens is 208 g/mol. The molecule has 2 fully saturated rings. The summed E-state index contributed by atoms with van der Waals surface area (Å²) in [6.07, 6.45) is 4.10. The van der Waals surface area contributed by atoms with Gasteiger partial charge in [0.15, 0.2) is 0 Å². The van der Waals surface area contributed by atoms with E-state index in [0.717, 1.165) is 29.8 Å². The zero-order chi connectivity index (χ0) is 12.4. The Balaban J connectivity index is 1.89. The third kappa shape index (κ3) is 3.45. The molecule has 2 nitrogen and oxygen atoms in total. The summed E-state index contributed by atoms with van der Waals surface area (Å²) in [4.78, 5) is 2.79. The first-order chi connectivity index (χ1) is 8.11. The summed E-state index contributed by atoms with van der Waals surface area (Å²) in [6, 6.07) is 1.50. The van der Waals surface area contributed by atoms with Gasteiger partial charge in [-0.05, 0) is 30.6 Å². The van der Waals surface area contributed by atoms with Crippen molar-refractivity contribution in [3.05, 3.63) is 0 Å². The van der Waals surface area contributed by atoms with Gasteiger partial charge in [-0.1, -0.05) is 34.1 Å². The summed E-state index contributed by atoms with van der Waals surface area (Å²) in [5.41, 5.74) is 0. The second-order valence-corrected chi connectivity index (χ2v) is 6.63. The van der Waals surface area contributed by atoms with E-state index in [2.05, 4.69) is 37.9 Å². The minimum absolute atomic E-state index is 0.740. The molecule has 100 valence electrons. The molecule has 1 heterocycles. The molecule has 0 aromatic carbocycles. The summed E-state index contributed by atoms with van der Waals surface area (Å²) in [5.74, 6) is 2.76. The molecule has 0 bridgehead atoms. The van der Waals surface area contributed by atoms with Gasteiger partial charge in [-0.25, -0.2) is 0 Å². The lowest BCUT2D eigenvalue weighted by molar-refractivity contribution is 0.0896. The van der Waals surface area contributed by atoms with Crippen molar-refractivity contribution in [1.82, 2.24) is 10.2 Å². The number of rotatable bonds is 5. The van der Waals surface area contributed by atoms with Gasteiger partial charge < -0.3 is 5.32 Å². The molecular formula is C15H30N2. The molecule has 1 saturated carbocycles. The molecule has 0 aromatic heterocycles. The van der Waals surface area contributed by atoms with Crippen molar-refractivity contribution in [3.63, 3.8) is 0 Å². The molecule has 0 amide bonds. The molecule has 4 atom stereocenters. The van der Waals surface area contributed by atoms with Crippen LogP contribution < -0.4 is 5.32 Å². The molecule has 1 saturated heterocycles. The van der Waals surface area contributed by atoms with Crippen molar-refractivity contribution in [1.29, 1.82) is 0 Å². The van der Waals surface area contributed by atoms with E-state index in [1.165, 1.54) is 38.9 Å². The van der Waals surface area contributed by atoms with Gasteiger partial charge in [-0.3, -0.25) is 4.90 Å². The molecule has 0 spiro atoms. The van der Waals surface area contributed by atoms with Crippen LogP contribution in [0.15, 0.2) is 0 Å². The van der Waals surface area contributed by atoms with Crippen LogP contribution in [0.1, 0.15) is 47.0 Å². The Morgan fingerprint density at radius 3 is 2.59 bits per heavy atom. The van der Waals surface area contributed by atoms with E-state index in [-0.39, 0.29) is 0 Å². The Hall–Kier alpha value is -0.0800. The lowest BCUT2D eigenvalue weighted by Crippen LogP contribution is -2.58. The minimum Gasteiger partial charge on any atom is -0.311 e. The Morgan fingerprint density at radius 2 is 2.06 bits per heavy atom. The van der Waals surface area contributed by atoms with E-state index < -0.39 is 0 Å². The fourth-order valence-electron chi connectivity index (χ4n) is 3.26. The number of hydrogen-bond donors (Lipinski definition) is 1. The van der Waals surface area contributed by atoms with Crippen LogP contribution in [0, 0.1) is 17.8 Å². The van der Waals surface area contributed by atoms with Gasteiger partial charge in [0, 0.05) is 31.7 Å². The number of nitrogens with zero attached hydrogens (tertiary/aromatic N) is 1. The second-order valence-electron chi connectivity index (χ2n) is 6.63. The molecule has 0 aromatic rings. The van der Waals surface area contributed by atoms with Crippen LogP contribution >= 0.6 is 0 Å². The van der Waals surface area contributed by atoms with Gasteiger partial charge in [0.05, 0.1) is 0 Å². The number of nitrogens with one attached hydrogen (secondary N) is 1. The molecule has 1 N–H and O–H groups in total. The summed E-state index contributed by atoms with van der Waals surface area (Å²) in [6.45, 7) is 13.3. The van der Waals surface area contributed by atoms with Crippen LogP contribution in [0.3, 0.4) is 0 Å². The highest BCUT2D eigenvalue weighted by Crippen LogP contribution is 2.39. The van der Waals surface area contributed by atoms with E-state index in [4.69, 9.17) is 0 Å². The van der Waals surface area contributed by atoms with Crippen molar-refractivity contribution in [2.45, 2.75) is 59.0 Å². The normalized spacial score (nSPS) is 38.6. The van der Waals surface area contributed by atoms with Crippen molar-refractivity contribution >= 4 is 0 Å². The predicted molar refractivity (Wildman–Crippen MR) is 74.2 cm³/mol. The van der Waals surface area contributed by atoms with Crippen LogP contribution in [0.25, 0.3) is 0 Å². The maximum atomic E-state index is 3.74. The molecule has 2 aliphatic rings. The average molecular weight is 238 g/mol. The van der Waals surface area contributed by atoms with Crippen LogP contribution in [0.5, 0.6) is 0 Å². The Bertz CT molecular complexity index is 239. The van der Waals surface area contributed by atoms with Gasteiger partial charge >= 0.3 is 0 Å². The maximum Gasteiger partial charge on any atom is 0.0244 e. The standard InChI is InChI=1S/C15H30N2/c1-5-6-14-10-17(9-13-7-12(13)4)15(8-16-14)11(2)3/h11-16H,5-10H2,1-4H3. The third-order valence-corrected chi connectivity index (χ3v) is 4.69. The van der Waals surface area contributed by atoms with E-state index in [9.17, 15) is 0 Å². The molecule has 0 radical (unpaired) electrons. The van der Waals surface area contributed by atoms with Crippen molar-refractivity contribution in [2.75, 3.05) is 19.6 Å². The third-order valence-electron chi connectivity index (χ3n) is 4.69. The highest BCUT2D eigenvalue weighted by Gasteiger charge is 2.38. The van der Waals surface area contributed by atoms with Gasteiger partial charge in [-0.15, -0.1) is 0 Å². The van der Waals surface area contributed by atoms with Gasteiger partial charge in [0.2, 0.25) is 0 Å². The van der Waals surface area contributed by atoms with Crippen molar-refractivity contribution < 1.29 is 0 Å². The second kappa shape index (κ2) is 5.71. The SMILES string of the molecule is CCCC1CN(CC2CC2C)C(C(C)C)CN1. The molecule has 1 aliphatic heterocycles. The molecule has 4 unspecified atom stereocenters. The Labute approximate surface area is 107 Å². The first kappa shape index (κ1) is 13.4. The zero-order valence-corrected chi connectivity index (χ0v) is 12.1. The maximum absolute atomic E-state index is 3.74. The van der Waals surface area contributed by atoms with Gasteiger partial charge in [-0.2, -0.15) is 0 Å². The lowest BCUT2D eigenvalue weighted by Gasteiger charge is -2.42. The summed E-state index contributed by atoms with van der Waals surface area (Å²) in [7, 11) is 0.